The van der Waals surface area contributed by atoms with Crippen molar-refractivity contribution in [3.05, 3.63) is 78.0 Å². The summed E-state index contributed by atoms with van der Waals surface area (Å²) >= 11 is 0. The first-order valence-corrected chi connectivity index (χ1v) is 11.3. The van der Waals surface area contributed by atoms with Crippen LogP contribution in [0, 0.1) is 0 Å². The highest BCUT2D eigenvalue weighted by Gasteiger charge is 2.39. The molecular formula is C27H30N2O4. The summed E-state index contributed by atoms with van der Waals surface area (Å²) in [6.07, 6.45) is 1.52. The van der Waals surface area contributed by atoms with Crippen molar-refractivity contribution in [3.63, 3.8) is 0 Å². The van der Waals surface area contributed by atoms with Gasteiger partial charge in [0.05, 0.1) is 11.1 Å². The standard InChI is InChI=1S/C27H30N2O4/c1-18-14-22(16-27(2,3)29(18)4)32-26(31)24(19-10-6-5-7-11-19)33-25(30)21-15-20-12-8-9-13-23(20)28-17-21/h5-13,15,17-18,22,24H,14,16H2,1-4H3. The number of benzene rings is 2. The number of para-hydroxylation sites is 1. The summed E-state index contributed by atoms with van der Waals surface area (Å²) in [6, 6.07) is 18.5. The van der Waals surface area contributed by atoms with Gasteiger partial charge in [0.2, 0.25) is 6.10 Å². The molecule has 2 heterocycles. The maximum Gasteiger partial charge on any atom is 0.352 e. The Morgan fingerprint density at radius 2 is 1.79 bits per heavy atom. The van der Waals surface area contributed by atoms with E-state index in [-0.39, 0.29) is 23.2 Å². The van der Waals surface area contributed by atoms with Gasteiger partial charge in [-0.25, -0.2) is 9.59 Å². The first kappa shape index (κ1) is 22.9. The molecule has 3 unspecified atom stereocenters. The number of fused-ring (bicyclic) bond motifs is 1. The van der Waals surface area contributed by atoms with Gasteiger partial charge in [0.15, 0.2) is 0 Å². The van der Waals surface area contributed by atoms with Crippen molar-refractivity contribution in [2.45, 2.75) is 57.4 Å². The third-order valence-electron chi connectivity index (χ3n) is 6.60. The van der Waals surface area contributed by atoms with Gasteiger partial charge in [-0.1, -0.05) is 48.5 Å². The van der Waals surface area contributed by atoms with E-state index in [0.717, 1.165) is 17.3 Å². The van der Waals surface area contributed by atoms with Crippen LogP contribution in [0.3, 0.4) is 0 Å². The lowest BCUT2D eigenvalue weighted by molar-refractivity contribution is -0.166. The minimum absolute atomic E-state index is 0.0989. The summed E-state index contributed by atoms with van der Waals surface area (Å²) < 4.78 is 11.6. The van der Waals surface area contributed by atoms with Gasteiger partial charge in [-0.2, -0.15) is 0 Å². The Bertz CT molecular complexity index is 1150. The number of carbonyl (C=O) groups is 2. The Morgan fingerprint density at radius 3 is 2.52 bits per heavy atom. The van der Waals surface area contributed by atoms with Gasteiger partial charge in [-0.3, -0.25) is 9.88 Å². The summed E-state index contributed by atoms with van der Waals surface area (Å²) in [4.78, 5) is 32.9. The minimum Gasteiger partial charge on any atom is -0.459 e. The smallest absolute Gasteiger partial charge is 0.352 e. The van der Waals surface area contributed by atoms with Crippen LogP contribution in [0.1, 0.15) is 55.6 Å². The molecule has 2 aromatic carbocycles. The zero-order chi connectivity index (χ0) is 23.6. The fraction of sp³-hybridized carbons (Fsp3) is 0.370. The lowest BCUT2D eigenvalue weighted by Gasteiger charge is -2.47. The Morgan fingerprint density at radius 1 is 1.09 bits per heavy atom. The largest absolute Gasteiger partial charge is 0.459 e. The summed E-state index contributed by atoms with van der Waals surface area (Å²) in [7, 11) is 2.09. The molecule has 0 saturated carbocycles. The summed E-state index contributed by atoms with van der Waals surface area (Å²) in [5.74, 6) is -1.17. The second-order valence-electron chi connectivity index (χ2n) is 9.38. The molecule has 1 saturated heterocycles. The molecule has 33 heavy (non-hydrogen) atoms. The van der Waals surface area contributed by atoms with Gasteiger partial charge in [0.25, 0.3) is 0 Å². The molecule has 0 N–H and O–H groups in total. The van der Waals surface area contributed by atoms with E-state index in [4.69, 9.17) is 9.47 Å². The maximum atomic E-state index is 13.3. The minimum atomic E-state index is -1.15. The van der Waals surface area contributed by atoms with Crippen LogP contribution in [0.5, 0.6) is 0 Å². The number of rotatable bonds is 5. The third kappa shape index (κ3) is 5.06. The van der Waals surface area contributed by atoms with Gasteiger partial charge in [-0.05, 0) is 46.4 Å². The molecule has 0 bridgehead atoms. The highest BCUT2D eigenvalue weighted by Crippen LogP contribution is 2.33. The number of hydrogen-bond acceptors (Lipinski definition) is 6. The van der Waals surface area contributed by atoms with E-state index in [1.54, 1.807) is 18.2 Å². The van der Waals surface area contributed by atoms with Crippen LogP contribution in [0.25, 0.3) is 10.9 Å². The molecule has 0 aliphatic carbocycles. The highest BCUT2D eigenvalue weighted by molar-refractivity contribution is 5.95. The Kier molecular flexibility index (Phi) is 6.47. The number of ether oxygens (including phenoxy) is 2. The highest BCUT2D eigenvalue weighted by atomic mass is 16.6. The topological polar surface area (TPSA) is 68.7 Å². The van der Waals surface area contributed by atoms with Crippen molar-refractivity contribution in [2.75, 3.05) is 7.05 Å². The normalized spacial score (nSPS) is 21.3. The number of nitrogens with zero attached hydrogens (tertiary/aromatic N) is 2. The molecule has 0 radical (unpaired) electrons. The Balaban J connectivity index is 1.55. The first-order valence-electron chi connectivity index (χ1n) is 11.3. The second kappa shape index (κ2) is 9.32. The summed E-state index contributed by atoms with van der Waals surface area (Å²) in [6.45, 7) is 6.42. The molecule has 1 aliphatic rings. The molecule has 3 aromatic rings. The van der Waals surface area contributed by atoms with Gasteiger partial charge in [0.1, 0.15) is 6.10 Å². The van der Waals surface area contributed by atoms with E-state index in [9.17, 15) is 9.59 Å². The van der Waals surface area contributed by atoms with Crippen LogP contribution in [0.15, 0.2) is 66.9 Å². The van der Waals surface area contributed by atoms with Crippen LogP contribution in [0.2, 0.25) is 0 Å². The van der Waals surface area contributed by atoms with Crippen LogP contribution < -0.4 is 0 Å². The monoisotopic (exact) mass is 446 g/mol. The molecular weight excluding hydrogens is 416 g/mol. The zero-order valence-electron chi connectivity index (χ0n) is 19.5. The molecule has 1 fully saturated rings. The molecule has 1 aliphatic heterocycles. The number of aromatic nitrogens is 1. The molecule has 1 aromatic heterocycles. The van der Waals surface area contributed by atoms with Crippen molar-refractivity contribution >= 4 is 22.8 Å². The number of carbonyl (C=O) groups excluding carboxylic acids is 2. The molecule has 172 valence electrons. The second-order valence-corrected chi connectivity index (χ2v) is 9.38. The van der Waals surface area contributed by atoms with Crippen molar-refractivity contribution in [3.8, 4) is 0 Å². The number of hydrogen-bond donors (Lipinski definition) is 0. The average molecular weight is 447 g/mol. The maximum absolute atomic E-state index is 13.3. The van der Waals surface area contributed by atoms with E-state index in [1.807, 2.05) is 42.5 Å². The van der Waals surface area contributed by atoms with Gasteiger partial charge < -0.3 is 9.47 Å². The van der Waals surface area contributed by atoms with Crippen molar-refractivity contribution in [2.24, 2.45) is 0 Å². The van der Waals surface area contributed by atoms with Crippen molar-refractivity contribution in [1.29, 1.82) is 0 Å². The quantitative estimate of drug-likeness (QED) is 0.517. The molecule has 0 spiro atoms. The number of esters is 2. The Hall–Kier alpha value is -3.25. The number of piperidine rings is 1. The van der Waals surface area contributed by atoms with E-state index >= 15 is 0 Å². The summed E-state index contributed by atoms with van der Waals surface area (Å²) in [5, 5.41) is 0.827. The average Bonchev–Trinajstić information content (AvgIpc) is 2.80. The van der Waals surface area contributed by atoms with Crippen LogP contribution >= 0.6 is 0 Å². The first-order chi connectivity index (χ1) is 15.7. The molecule has 6 nitrogen and oxygen atoms in total. The fourth-order valence-corrected chi connectivity index (χ4v) is 4.47. The SMILES string of the molecule is CC1CC(OC(=O)C(OC(=O)c2cnc3ccccc3c2)c2ccccc2)CC(C)(C)N1C. The number of likely N-dealkylation sites (tertiary alicyclic amines) is 1. The van der Waals surface area contributed by atoms with E-state index in [0.29, 0.717) is 12.0 Å². The van der Waals surface area contributed by atoms with Gasteiger partial charge >= 0.3 is 11.9 Å². The zero-order valence-corrected chi connectivity index (χ0v) is 19.5. The van der Waals surface area contributed by atoms with Gasteiger partial charge in [-0.15, -0.1) is 0 Å². The van der Waals surface area contributed by atoms with Gasteiger partial charge in [0, 0.05) is 35.1 Å². The lowest BCUT2D eigenvalue weighted by Crippen LogP contribution is -2.54. The summed E-state index contributed by atoms with van der Waals surface area (Å²) in [5.41, 5.74) is 1.55. The third-order valence-corrected chi connectivity index (χ3v) is 6.60. The molecule has 4 rings (SSSR count). The predicted molar refractivity (Wildman–Crippen MR) is 127 cm³/mol. The predicted octanol–water partition coefficient (Wildman–Crippen LogP) is 4.94. The van der Waals surface area contributed by atoms with E-state index in [2.05, 4.69) is 37.7 Å². The molecule has 0 amide bonds. The van der Waals surface area contributed by atoms with Crippen LogP contribution in [-0.2, 0) is 14.3 Å². The number of pyridine rings is 1. The Labute approximate surface area is 194 Å². The lowest BCUT2D eigenvalue weighted by atomic mass is 9.85. The van der Waals surface area contributed by atoms with E-state index in [1.165, 1.54) is 6.20 Å². The van der Waals surface area contributed by atoms with Crippen LogP contribution in [-0.4, -0.2) is 46.6 Å². The van der Waals surface area contributed by atoms with Crippen molar-refractivity contribution < 1.29 is 19.1 Å². The molecule has 6 heteroatoms. The van der Waals surface area contributed by atoms with E-state index < -0.39 is 18.0 Å². The van der Waals surface area contributed by atoms with Crippen molar-refractivity contribution in [1.82, 2.24) is 9.88 Å². The molecule has 3 atom stereocenters. The fourth-order valence-electron chi connectivity index (χ4n) is 4.47. The van der Waals surface area contributed by atoms with Crippen LogP contribution in [0.4, 0.5) is 0 Å².